The summed E-state index contributed by atoms with van der Waals surface area (Å²) in [5.74, 6) is -0.393. The van der Waals surface area contributed by atoms with Crippen LogP contribution in [0.5, 0.6) is 0 Å². The molecule has 0 spiro atoms. The molecule has 0 saturated carbocycles. The van der Waals surface area contributed by atoms with Gasteiger partial charge in [-0.3, -0.25) is 24.3 Å². The number of carbonyl (C=O) groups is 2. The van der Waals surface area contributed by atoms with Crippen molar-refractivity contribution < 1.29 is 9.59 Å². The largest absolute Gasteiger partial charge is 0.369 e. The highest BCUT2D eigenvalue weighted by Gasteiger charge is 2.40. The number of amides is 2. The summed E-state index contributed by atoms with van der Waals surface area (Å²) >= 11 is 0. The van der Waals surface area contributed by atoms with Crippen LogP contribution in [0.25, 0.3) is 0 Å². The summed E-state index contributed by atoms with van der Waals surface area (Å²) in [5.41, 5.74) is 7.24. The van der Waals surface area contributed by atoms with E-state index < -0.39 is 0 Å². The third-order valence-corrected chi connectivity index (χ3v) is 5.74. The molecule has 2 aliphatic rings. The fourth-order valence-corrected chi connectivity index (χ4v) is 4.55. The van der Waals surface area contributed by atoms with Crippen LogP contribution in [0.4, 0.5) is 0 Å². The minimum Gasteiger partial charge on any atom is -0.369 e. The Hall–Kier alpha value is -3.07. The lowest BCUT2D eigenvalue weighted by Gasteiger charge is -2.46. The van der Waals surface area contributed by atoms with Crippen molar-refractivity contribution in [2.75, 3.05) is 26.2 Å². The number of aromatic nitrogens is 3. The number of hydrogen-bond donors (Lipinski definition) is 2. The van der Waals surface area contributed by atoms with Crippen LogP contribution in [0.15, 0.2) is 35.4 Å². The summed E-state index contributed by atoms with van der Waals surface area (Å²) in [6.07, 6.45) is 3.89. The molecule has 4 rings (SSSR count). The Morgan fingerprint density at radius 3 is 2.79 bits per heavy atom. The first-order valence-corrected chi connectivity index (χ1v) is 9.71. The molecule has 3 atom stereocenters. The van der Waals surface area contributed by atoms with Crippen LogP contribution in [0.3, 0.4) is 0 Å². The van der Waals surface area contributed by atoms with Gasteiger partial charge in [0.05, 0.1) is 24.5 Å². The van der Waals surface area contributed by atoms with E-state index in [0.717, 1.165) is 17.8 Å². The number of nitrogens with zero attached hydrogens (tertiary/aromatic N) is 4. The average molecular weight is 396 g/mol. The molecule has 2 aromatic rings. The number of nitrogens with one attached hydrogen (secondary N) is 1. The monoisotopic (exact) mass is 396 g/mol. The van der Waals surface area contributed by atoms with E-state index in [1.165, 1.54) is 6.20 Å². The van der Waals surface area contributed by atoms with Crippen molar-refractivity contribution in [2.24, 2.45) is 11.7 Å². The molecule has 152 valence electrons. The van der Waals surface area contributed by atoms with E-state index in [4.69, 9.17) is 5.73 Å². The second kappa shape index (κ2) is 7.75. The van der Waals surface area contributed by atoms with Gasteiger partial charge in [0.15, 0.2) is 0 Å². The van der Waals surface area contributed by atoms with E-state index in [1.54, 1.807) is 25.3 Å². The topological polar surface area (TPSA) is 123 Å². The maximum absolute atomic E-state index is 12.7. The highest BCUT2D eigenvalue weighted by molar-refractivity contribution is 5.91. The molecule has 0 aliphatic carbocycles. The molecule has 0 unspecified atom stereocenters. The Bertz CT molecular complexity index is 986. The van der Waals surface area contributed by atoms with E-state index in [0.29, 0.717) is 19.6 Å². The van der Waals surface area contributed by atoms with Gasteiger partial charge < -0.3 is 15.6 Å². The molecule has 9 nitrogen and oxygen atoms in total. The van der Waals surface area contributed by atoms with Crippen molar-refractivity contribution in [3.8, 4) is 0 Å². The molecule has 1 fully saturated rings. The molecular weight excluding hydrogens is 372 g/mol. The van der Waals surface area contributed by atoms with E-state index in [9.17, 15) is 14.4 Å². The zero-order valence-electron chi connectivity index (χ0n) is 16.2. The smallest absolute Gasteiger partial charge is 0.271 e. The van der Waals surface area contributed by atoms with Crippen LogP contribution < -0.4 is 16.6 Å². The molecule has 3 N–H and O–H groups in total. The minimum absolute atomic E-state index is 0.0741. The SMILES string of the molecule is Cc1cnc(C(=O)NC[C@H]2[C@H]3C[C@H](CN(CC(N)=O)C3)c3cccc(=O)n32)cn1. The number of aryl methyl sites for hydroxylation is 1. The predicted octanol–water partition coefficient (Wildman–Crippen LogP) is -0.178. The molecule has 9 heteroatoms. The number of likely N-dealkylation sites (tertiary alicyclic amines) is 1. The van der Waals surface area contributed by atoms with Crippen molar-refractivity contribution in [1.29, 1.82) is 0 Å². The van der Waals surface area contributed by atoms with Gasteiger partial charge in [-0.05, 0) is 25.3 Å². The van der Waals surface area contributed by atoms with Gasteiger partial charge in [0.1, 0.15) is 5.69 Å². The number of piperidine rings is 1. The molecule has 1 saturated heterocycles. The molecule has 29 heavy (non-hydrogen) atoms. The highest BCUT2D eigenvalue weighted by atomic mass is 16.2. The Kier molecular flexibility index (Phi) is 5.14. The number of primary amides is 1. The standard InChI is InChI=1S/C20H24N6O3/c1-12-6-23-15(7-22-12)20(29)24-8-17-14-5-13(9-25(10-14)11-18(21)27)16-3-2-4-19(28)26(16)17/h2-4,6-7,13-14,17H,5,8-11H2,1H3,(H2,21,27)(H,24,29)/t13-,14+,17+/m1/s1. The fraction of sp³-hybridized carbons (Fsp3) is 0.450. The normalized spacial score (nSPS) is 23.3. The summed E-state index contributed by atoms with van der Waals surface area (Å²) < 4.78 is 1.81. The second-order valence-electron chi connectivity index (χ2n) is 7.83. The van der Waals surface area contributed by atoms with Gasteiger partial charge in [-0.25, -0.2) is 4.98 Å². The van der Waals surface area contributed by atoms with E-state index in [2.05, 4.69) is 15.3 Å². The van der Waals surface area contributed by atoms with Crippen LogP contribution in [0.2, 0.25) is 0 Å². The molecule has 2 aliphatic heterocycles. The average Bonchev–Trinajstić information content (AvgIpc) is 2.68. The lowest BCUT2D eigenvalue weighted by atomic mass is 9.78. The van der Waals surface area contributed by atoms with Gasteiger partial charge in [0.2, 0.25) is 5.91 Å². The first-order valence-electron chi connectivity index (χ1n) is 9.71. The van der Waals surface area contributed by atoms with Gasteiger partial charge in [-0.1, -0.05) is 6.07 Å². The van der Waals surface area contributed by atoms with Crippen molar-refractivity contribution >= 4 is 11.8 Å². The summed E-state index contributed by atoms with van der Waals surface area (Å²) in [4.78, 5) is 46.8. The van der Waals surface area contributed by atoms with Crippen LogP contribution in [-0.4, -0.2) is 57.4 Å². The van der Waals surface area contributed by atoms with Gasteiger partial charge in [0.25, 0.3) is 11.5 Å². The number of nitrogens with two attached hydrogens (primary N) is 1. The Morgan fingerprint density at radius 2 is 2.07 bits per heavy atom. The number of fused-ring (bicyclic) bond motifs is 4. The molecule has 2 bridgehead atoms. The number of pyridine rings is 1. The quantitative estimate of drug-likeness (QED) is 0.723. The Balaban J connectivity index is 1.58. The molecule has 2 aromatic heterocycles. The maximum atomic E-state index is 12.7. The zero-order valence-corrected chi connectivity index (χ0v) is 16.2. The maximum Gasteiger partial charge on any atom is 0.271 e. The van der Waals surface area contributed by atoms with Crippen molar-refractivity contribution in [1.82, 2.24) is 24.8 Å². The Morgan fingerprint density at radius 1 is 1.24 bits per heavy atom. The van der Waals surface area contributed by atoms with Gasteiger partial charge in [-0.15, -0.1) is 0 Å². The van der Waals surface area contributed by atoms with Gasteiger partial charge in [0, 0.05) is 43.5 Å². The lowest BCUT2D eigenvalue weighted by Crippen LogP contribution is -2.53. The van der Waals surface area contributed by atoms with E-state index >= 15 is 0 Å². The lowest BCUT2D eigenvalue weighted by molar-refractivity contribution is -0.119. The first kappa shape index (κ1) is 19.3. The molecule has 2 amide bonds. The minimum atomic E-state index is -0.363. The Labute approximate surface area is 167 Å². The van der Waals surface area contributed by atoms with Crippen molar-refractivity contribution in [3.05, 3.63) is 58.0 Å². The van der Waals surface area contributed by atoms with E-state index in [-0.39, 0.29) is 47.5 Å². The van der Waals surface area contributed by atoms with E-state index in [1.807, 2.05) is 15.5 Å². The molecule has 0 radical (unpaired) electrons. The molecule has 4 heterocycles. The molecular formula is C20H24N6O3. The highest BCUT2D eigenvalue weighted by Crippen LogP contribution is 2.40. The third-order valence-electron chi connectivity index (χ3n) is 5.74. The second-order valence-corrected chi connectivity index (χ2v) is 7.83. The van der Waals surface area contributed by atoms with Crippen LogP contribution in [0.1, 0.15) is 40.3 Å². The molecule has 0 aromatic carbocycles. The summed E-state index contributed by atoms with van der Waals surface area (Å²) in [6, 6.07) is 5.06. The van der Waals surface area contributed by atoms with Crippen LogP contribution in [0, 0.1) is 12.8 Å². The van der Waals surface area contributed by atoms with Gasteiger partial charge in [-0.2, -0.15) is 0 Å². The van der Waals surface area contributed by atoms with Crippen LogP contribution in [-0.2, 0) is 4.79 Å². The summed E-state index contributed by atoms with van der Waals surface area (Å²) in [7, 11) is 0. The van der Waals surface area contributed by atoms with Crippen molar-refractivity contribution in [2.45, 2.75) is 25.3 Å². The number of carbonyl (C=O) groups excluding carboxylic acids is 2. The van der Waals surface area contributed by atoms with Crippen molar-refractivity contribution in [3.63, 3.8) is 0 Å². The zero-order chi connectivity index (χ0) is 20.5. The fourth-order valence-electron chi connectivity index (χ4n) is 4.55. The predicted molar refractivity (Wildman–Crippen MR) is 105 cm³/mol. The van der Waals surface area contributed by atoms with Crippen LogP contribution >= 0.6 is 0 Å². The number of rotatable bonds is 5. The third kappa shape index (κ3) is 3.91. The summed E-state index contributed by atoms with van der Waals surface area (Å²) in [5, 5.41) is 2.90. The number of hydrogen-bond acceptors (Lipinski definition) is 6. The van der Waals surface area contributed by atoms with Gasteiger partial charge >= 0.3 is 0 Å². The summed E-state index contributed by atoms with van der Waals surface area (Å²) in [6.45, 7) is 3.65. The first-order chi connectivity index (χ1) is 13.9.